The summed E-state index contributed by atoms with van der Waals surface area (Å²) in [5.41, 5.74) is 22.1. The average Bonchev–Trinajstić information content (AvgIpc) is 3.96. The molecule has 0 radical (unpaired) electrons. The SMILES string of the molecule is Cc1ccc(N)cc1-c1cc(-c2cnn(C)c2)nc(N2CCOCC2)c1.Cc1ccc(N)cc1B1OC(C)(C)C(C)(C)O1.Cn1cc(-c2cc(Cl)cc(N3CCOCC3)n2)cn1. The van der Waals surface area contributed by atoms with Crippen molar-refractivity contribution >= 4 is 47.2 Å². The van der Waals surface area contributed by atoms with Gasteiger partial charge in [-0.3, -0.25) is 9.36 Å². The van der Waals surface area contributed by atoms with Crippen LogP contribution in [0.2, 0.25) is 5.02 Å². The van der Waals surface area contributed by atoms with Crippen molar-refractivity contribution in [3.63, 3.8) is 0 Å². The van der Waals surface area contributed by atoms with Crippen LogP contribution in [-0.2, 0) is 32.9 Å². The van der Waals surface area contributed by atoms with E-state index >= 15 is 0 Å². The van der Waals surface area contributed by atoms with Gasteiger partial charge in [0.15, 0.2) is 0 Å². The minimum atomic E-state index is -0.330. The maximum Gasteiger partial charge on any atom is 0.495 e. The molecule has 3 fully saturated rings. The first-order chi connectivity index (χ1) is 29.5. The molecule has 0 spiro atoms. The third-order valence-corrected chi connectivity index (χ3v) is 11.9. The van der Waals surface area contributed by atoms with Gasteiger partial charge in [0.2, 0.25) is 0 Å². The molecule has 0 saturated carbocycles. The molecule has 7 heterocycles. The number of anilines is 4. The first-order valence-corrected chi connectivity index (χ1v) is 21.3. The van der Waals surface area contributed by atoms with Crippen molar-refractivity contribution in [3.05, 3.63) is 102 Å². The molecule has 9 rings (SSSR count). The zero-order valence-corrected chi connectivity index (χ0v) is 37.8. The van der Waals surface area contributed by atoms with Crippen LogP contribution < -0.4 is 26.7 Å². The summed E-state index contributed by atoms with van der Waals surface area (Å²) < 4.78 is 26.4. The molecule has 4 N–H and O–H groups in total. The molecule has 3 aliphatic heterocycles. The van der Waals surface area contributed by atoms with Crippen molar-refractivity contribution in [2.45, 2.75) is 52.7 Å². The molecule has 4 aromatic heterocycles. The van der Waals surface area contributed by atoms with E-state index < -0.39 is 0 Å². The van der Waals surface area contributed by atoms with Crippen LogP contribution in [0.25, 0.3) is 33.6 Å². The fourth-order valence-corrected chi connectivity index (χ4v) is 7.50. The molecule has 3 aliphatic rings. The number of benzene rings is 2. The topological polar surface area (TPSA) is 157 Å². The van der Waals surface area contributed by atoms with Gasteiger partial charge in [-0.2, -0.15) is 10.2 Å². The van der Waals surface area contributed by atoms with Crippen LogP contribution in [0.3, 0.4) is 0 Å². The Kier molecular flexibility index (Phi) is 13.6. The molecule has 6 aromatic rings. The predicted octanol–water partition coefficient (Wildman–Crippen LogP) is 6.72. The lowest BCUT2D eigenvalue weighted by atomic mass is 9.76. The van der Waals surface area contributed by atoms with Crippen LogP contribution in [0.5, 0.6) is 0 Å². The van der Waals surface area contributed by atoms with Gasteiger partial charge in [0.05, 0.1) is 61.4 Å². The Morgan fingerprint density at radius 3 is 1.61 bits per heavy atom. The van der Waals surface area contributed by atoms with E-state index in [0.717, 1.165) is 120 Å². The number of rotatable bonds is 6. The Morgan fingerprint density at radius 2 is 1.10 bits per heavy atom. The monoisotopic (exact) mass is 860 g/mol. The van der Waals surface area contributed by atoms with E-state index in [4.69, 9.17) is 46.8 Å². The lowest BCUT2D eigenvalue weighted by molar-refractivity contribution is 0.00578. The molecule has 62 heavy (non-hydrogen) atoms. The van der Waals surface area contributed by atoms with E-state index in [2.05, 4.69) is 77.8 Å². The second-order valence-electron chi connectivity index (χ2n) is 16.9. The molecular weight excluding hydrogens is 803 g/mol. The highest BCUT2D eigenvalue weighted by Crippen LogP contribution is 2.37. The van der Waals surface area contributed by atoms with Crippen LogP contribution in [0.1, 0.15) is 38.8 Å². The minimum Gasteiger partial charge on any atom is -0.399 e. The van der Waals surface area contributed by atoms with Crippen LogP contribution in [-0.4, -0.2) is 100 Å². The van der Waals surface area contributed by atoms with Crippen molar-refractivity contribution in [2.24, 2.45) is 14.1 Å². The van der Waals surface area contributed by atoms with Crippen molar-refractivity contribution < 1.29 is 18.8 Å². The van der Waals surface area contributed by atoms with E-state index in [1.54, 1.807) is 15.6 Å². The van der Waals surface area contributed by atoms with Gasteiger partial charge in [0.25, 0.3) is 0 Å². The van der Waals surface area contributed by atoms with E-state index in [9.17, 15) is 0 Å². The van der Waals surface area contributed by atoms with Gasteiger partial charge in [-0.25, -0.2) is 9.97 Å². The molecule has 16 heteroatoms. The standard InChI is InChI=1S/C20H23N5O.C13H20BNO2.C13H15ClN4O/c1-14-3-4-17(21)11-18(14)15-9-19(16-12-22-24(2)13-16)23-20(10-15)25-5-7-26-8-6-25;1-9-6-7-10(15)8-11(9)14-16-12(2,3)13(4,5)17-14;1-17-9-10(8-15-17)12-6-11(14)7-13(16-12)18-2-4-19-5-3-18/h3-4,9-13H,5-8,21H2,1-2H3;6-8H,15H2,1-5H3;6-9H,2-5H2,1H3. The average molecular weight is 861 g/mol. The van der Waals surface area contributed by atoms with Gasteiger partial charge in [-0.1, -0.05) is 29.3 Å². The van der Waals surface area contributed by atoms with Gasteiger partial charge in [-0.05, 0) is 112 Å². The smallest absolute Gasteiger partial charge is 0.399 e. The number of hydrogen-bond acceptors (Lipinski definition) is 12. The molecule has 326 valence electrons. The Morgan fingerprint density at radius 1 is 0.613 bits per heavy atom. The number of hydrogen-bond donors (Lipinski definition) is 2. The number of halogens is 1. The van der Waals surface area contributed by atoms with Crippen molar-refractivity contribution in [2.75, 3.05) is 73.9 Å². The summed E-state index contributed by atoms with van der Waals surface area (Å²) in [7, 11) is 3.47. The Labute approximate surface area is 370 Å². The molecule has 0 bridgehead atoms. The van der Waals surface area contributed by atoms with E-state index in [0.29, 0.717) is 5.02 Å². The molecule has 0 unspecified atom stereocenters. The summed E-state index contributed by atoms with van der Waals surface area (Å²) in [5.74, 6) is 1.86. The highest BCUT2D eigenvalue weighted by Gasteiger charge is 2.52. The summed E-state index contributed by atoms with van der Waals surface area (Å²) in [6.07, 6.45) is 7.56. The number of pyridine rings is 2. The number of nitrogens with two attached hydrogens (primary N) is 2. The minimum absolute atomic E-state index is 0.311. The maximum absolute atomic E-state index is 6.20. The summed E-state index contributed by atoms with van der Waals surface area (Å²) in [4.78, 5) is 14.0. The molecule has 2 aromatic carbocycles. The summed E-state index contributed by atoms with van der Waals surface area (Å²) in [5, 5.41) is 9.15. The van der Waals surface area contributed by atoms with Crippen LogP contribution in [0, 0.1) is 13.8 Å². The Hall–Kier alpha value is -5.45. The summed E-state index contributed by atoms with van der Waals surface area (Å²) in [6.45, 7) is 18.7. The number of nitrogens with zero attached hydrogens (tertiary/aromatic N) is 8. The summed E-state index contributed by atoms with van der Waals surface area (Å²) in [6, 6.07) is 19.9. The second-order valence-corrected chi connectivity index (χ2v) is 17.3. The van der Waals surface area contributed by atoms with Gasteiger partial charge >= 0.3 is 7.12 Å². The molecule has 0 atom stereocenters. The first-order valence-electron chi connectivity index (χ1n) is 21.0. The fraction of sp³-hybridized carbons (Fsp3) is 0.391. The van der Waals surface area contributed by atoms with Gasteiger partial charge in [0, 0.05) is 80.2 Å². The van der Waals surface area contributed by atoms with Gasteiger partial charge < -0.3 is 40.0 Å². The number of nitrogen functional groups attached to an aromatic ring is 2. The molecule has 0 amide bonds. The number of aryl methyl sites for hydroxylation is 4. The maximum atomic E-state index is 6.20. The summed E-state index contributed by atoms with van der Waals surface area (Å²) >= 11 is 6.20. The van der Waals surface area contributed by atoms with Gasteiger partial charge in [0.1, 0.15) is 11.6 Å². The predicted molar refractivity (Wildman–Crippen MR) is 250 cm³/mol. The zero-order valence-electron chi connectivity index (χ0n) is 37.1. The number of morpholine rings is 2. The van der Waals surface area contributed by atoms with Crippen LogP contribution >= 0.6 is 11.6 Å². The Balaban J connectivity index is 0.000000144. The second kappa shape index (κ2) is 18.9. The molecular formula is C46H58BClN10O4. The van der Waals surface area contributed by atoms with Crippen molar-refractivity contribution in [1.82, 2.24) is 29.5 Å². The third-order valence-electron chi connectivity index (χ3n) is 11.6. The fourth-order valence-electron chi connectivity index (χ4n) is 7.30. The van der Waals surface area contributed by atoms with Crippen molar-refractivity contribution in [3.8, 4) is 33.6 Å². The van der Waals surface area contributed by atoms with Gasteiger partial charge in [-0.15, -0.1) is 0 Å². The molecule has 3 saturated heterocycles. The van der Waals surface area contributed by atoms with E-state index in [1.165, 1.54) is 5.56 Å². The lowest BCUT2D eigenvalue weighted by Crippen LogP contribution is -2.41. The normalized spacial score (nSPS) is 17.0. The lowest BCUT2D eigenvalue weighted by Gasteiger charge is -2.32. The van der Waals surface area contributed by atoms with Crippen LogP contribution in [0.4, 0.5) is 23.0 Å². The highest BCUT2D eigenvalue weighted by molar-refractivity contribution is 6.62. The first kappa shape index (κ1) is 44.6. The third kappa shape index (κ3) is 10.6. The number of ether oxygens (including phenoxy) is 2. The van der Waals surface area contributed by atoms with Crippen molar-refractivity contribution in [1.29, 1.82) is 0 Å². The van der Waals surface area contributed by atoms with E-state index in [1.807, 2.05) is 82.1 Å². The van der Waals surface area contributed by atoms with E-state index in [-0.39, 0.29) is 18.3 Å². The molecule has 14 nitrogen and oxygen atoms in total. The van der Waals surface area contributed by atoms with Crippen LogP contribution in [0.15, 0.2) is 85.5 Å². The number of aromatic nitrogens is 6. The largest absolute Gasteiger partial charge is 0.495 e. The molecule has 0 aliphatic carbocycles. The Bertz CT molecular complexity index is 2460. The zero-order chi connectivity index (χ0) is 44.2. The quantitative estimate of drug-likeness (QED) is 0.135. The highest BCUT2D eigenvalue weighted by atomic mass is 35.5.